The smallest absolute Gasteiger partial charge is 0.404 e. The molecule has 0 aliphatic rings. The number of anilines is 1. The van der Waals surface area contributed by atoms with E-state index in [1.54, 1.807) is 6.92 Å². The van der Waals surface area contributed by atoms with E-state index >= 15 is 0 Å². The van der Waals surface area contributed by atoms with Crippen molar-refractivity contribution in [3.8, 4) is 0 Å². The fraction of sp³-hybridized carbons (Fsp3) is 0.364. The molecular weight excluding hydrogens is 270 g/mol. The lowest BCUT2D eigenvalue weighted by molar-refractivity contribution is 0.159. The highest BCUT2D eigenvalue weighted by Gasteiger charge is 2.15. The van der Waals surface area contributed by atoms with Gasteiger partial charge >= 0.3 is 6.09 Å². The zero-order valence-electron chi connectivity index (χ0n) is 10.8. The van der Waals surface area contributed by atoms with Crippen molar-refractivity contribution >= 4 is 21.8 Å². The van der Waals surface area contributed by atoms with Crippen molar-refractivity contribution in [1.29, 1.82) is 0 Å². The third kappa shape index (κ3) is 4.11. The number of aryl methyl sites for hydroxylation is 1. The molecule has 0 heterocycles. The van der Waals surface area contributed by atoms with Gasteiger partial charge in [-0.1, -0.05) is 0 Å². The number of rotatable bonds is 5. The van der Waals surface area contributed by atoms with Crippen LogP contribution in [0.3, 0.4) is 0 Å². The van der Waals surface area contributed by atoms with Gasteiger partial charge in [0, 0.05) is 12.2 Å². The monoisotopic (exact) mass is 287 g/mol. The van der Waals surface area contributed by atoms with Gasteiger partial charge in [0.25, 0.3) is 0 Å². The van der Waals surface area contributed by atoms with Gasteiger partial charge < -0.3 is 16.2 Å². The van der Waals surface area contributed by atoms with E-state index in [0.29, 0.717) is 5.69 Å². The summed E-state index contributed by atoms with van der Waals surface area (Å²) in [6.45, 7) is 3.41. The highest BCUT2D eigenvalue weighted by atomic mass is 32.2. The van der Waals surface area contributed by atoms with Crippen LogP contribution in [-0.4, -0.2) is 27.7 Å². The van der Waals surface area contributed by atoms with Crippen molar-refractivity contribution in [3.63, 3.8) is 0 Å². The van der Waals surface area contributed by atoms with Crippen LogP contribution in [0, 0.1) is 13.8 Å². The number of ether oxygens (including phenoxy) is 1. The molecule has 0 aliphatic carbocycles. The first-order valence-electron chi connectivity index (χ1n) is 5.52. The molecule has 0 saturated carbocycles. The minimum absolute atomic E-state index is 0.0574. The molecule has 0 atom stereocenters. The van der Waals surface area contributed by atoms with E-state index in [4.69, 9.17) is 11.5 Å². The van der Waals surface area contributed by atoms with Crippen LogP contribution in [-0.2, 0) is 14.8 Å². The molecule has 5 N–H and O–H groups in total. The minimum Gasteiger partial charge on any atom is -0.448 e. The maximum atomic E-state index is 12.0. The molecule has 8 heteroatoms. The van der Waals surface area contributed by atoms with E-state index in [0.717, 1.165) is 11.1 Å². The number of nitrogens with one attached hydrogen (secondary N) is 1. The largest absolute Gasteiger partial charge is 0.448 e. The molecule has 1 rings (SSSR count). The summed E-state index contributed by atoms with van der Waals surface area (Å²) < 4.78 is 30.6. The maximum Gasteiger partial charge on any atom is 0.404 e. The Hall–Kier alpha value is -1.80. The molecule has 0 spiro atoms. The molecule has 1 aromatic carbocycles. The molecule has 0 aromatic heterocycles. The Morgan fingerprint density at radius 3 is 2.53 bits per heavy atom. The van der Waals surface area contributed by atoms with E-state index in [1.807, 2.05) is 6.92 Å². The molecular formula is C11H17N3O4S. The maximum absolute atomic E-state index is 12.0. The van der Waals surface area contributed by atoms with E-state index in [9.17, 15) is 13.2 Å². The molecule has 7 nitrogen and oxygen atoms in total. The predicted molar refractivity (Wildman–Crippen MR) is 71.1 cm³/mol. The fourth-order valence-electron chi connectivity index (χ4n) is 1.42. The van der Waals surface area contributed by atoms with Gasteiger partial charge in [0.15, 0.2) is 0 Å². The lowest BCUT2D eigenvalue weighted by atomic mass is 10.1. The van der Waals surface area contributed by atoms with Gasteiger partial charge in [0.05, 0.1) is 4.90 Å². The summed E-state index contributed by atoms with van der Waals surface area (Å²) in [4.78, 5) is 10.4. The average molecular weight is 287 g/mol. The van der Waals surface area contributed by atoms with Gasteiger partial charge in [-0.05, 0) is 37.1 Å². The summed E-state index contributed by atoms with van der Waals surface area (Å²) in [7, 11) is -3.68. The highest BCUT2D eigenvalue weighted by Crippen LogP contribution is 2.21. The number of nitrogens with two attached hydrogens (primary N) is 2. The van der Waals surface area contributed by atoms with E-state index in [1.165, 1.54) is 12.1 Å². The molecule has 0 aliphatic heterocycles. The van der Waals surface area contributed by atoms with Gasteiger partial charge in [-0.2, -0.15) is 0 Å². The zero-order chi connectivity index (χ0) is 14.6. The Balaban J connectivity index is 2.80. The van der Waals surface area contributed by atoms with Crippen LogP contribution in [0.25, 0.3) is 0 Å². The summed E-state index contributed by atoms with van der Waals surface area (Å²) in [5, 5.41) is 0. The summed E-state index contributed by atoms with van der Waals surface area (Å²) >= 11 is 0. The van der Waals surface area contributed by atoms with Crippen molar-refractivity contribution in [1.82, 2.24) is 4.72 Å². The fourth-order valence-corrected chi connectivity index (χ4v) is 2.55. The number of nitrogen functional groups attached to an aromatic ring is 1. The van der Waals surface area contributed by atoms with Gasteiger partial charge in [0.2, 0.25) is 10.0 Å². The van der Waals surface area contributed by atoms with Gasteiger partial charge in [0.1, 0.15) is 6.61 Å². The lowest BCUT2D eigenvalue weighted by Crippen LogP contribution is -2.29. The third-order valence-electron chi connectivity index (χ3n) is 2.63. The van der Waals surface area contributed by atoms with Crippen LogP contribution >= 0.6 is 0 Å². The Morgan fingerprint density at radius 1 is 1.37 bits per heavy atom. The van der Waals surface area contributed by atoms with Gasteiger partial charge in [-0.15, -0.1) is 0 Å². The van der Waals surface area contributed by atoms with Crippen LogP contribution in [0.1, 0.15) is 11.1 Å². The van der Waals surface area contributed by atoms with Crippen molar-refractivity contribution in [3.05, 3.63) is 23.3 Å². The second-order valence-electron chi connectivity index (χ2n) is 4.02. The topological polar surface area (TPSA) is 125 Å². The number of carbonyl (C=O) groups is 1. The Morgan fingerprint density at radius 2 is 2.00 bits per heavy atom. The standard InChI is InChI=1S/C11H17N3O4S/c1-7-5-9(6-10(12)8(7)2)19(16,17)14-3-4-18-11(13)15/h5-6,14H,3-4,12H2,1-2H3,(H2,13,15). The Labute approximate surface area is 112 Å². The lowest BCUT2D eigenvalue weighted by Gasteiger charge is -2.10. The molecule has 1 aromatic rings. The van der Waals surface area contributed by atoms with Crippen LogP contribution in [0.5, 0.6) is 0 Å². The van der Waals surface area contributed by atoms with Crippen molar-refractivity contribution in [2.45, 2.75) is 18.7 Å². The molecule has 1 amide bonds. The Kier molecular flexibility index (Phi) is 4.73. The van der Waals surface area contributed by atoms with E-state index in [-0.39, 0.29) is 18.0 Å². The number of sulfonamides is 1. The summed E-state index contributed by atoms with van der Waals surface area (Å²) in [5.41, 5.74) is 12.5. The molecule has 0 fully saturated rings. The first kappa shape index (κ1) is 15.3. The normalized spacial score (nSPS) is 11.3. The minimum atomic E-state index is -3.68. The van der Waals surface area contributed by atoms with Crippen molar-refractivity contribution < 1.29 is 17.9 Å². The summed E-state index contributed by atoms with van der Waals surface area (Å²) in [5.74, 6) is 0. The van der Waals surface area contributed by atoms with Crippen LogP contribution in [0.15, 0.2) is 17.0 Å². The van der Waals surface area contributed by atoms with Crippen molar-refractivity contribution in [2.75, 3.05) is 18.9 Å². The van der Waals surface area contributed by atoms with E-state index in [2.05, 4.69) is 9.46 Å². The summed E-state index contributed by atoms with van der Waals surface area (Å²) in [6, 6.07) is 2.92. The first-order valence-corrected chi connectivity index (χ1v) is 7.01. The average Bonchev–Trinajstić information content (AvgIpc) is 2.31. The number of amides is 1. The van der Waals surface area contributed by atoms with E-state index < -0.39 is 16.1 Å². The number of benzene rings is 1. The van der Waals surface area contributed by atoms with Crippen molar-refractivity contribution in [2.24, 2.45) is 5.73 Å². The Bertz CT molecular complexity index is 561. The van der Waals surface area contributed by atoms with Crippen LogP contribution in [0.4, 0.5) is 10.5 Å². The number of carbonyl (C=O) groups excluding carboxylic acids is 1. The first-order chi connectivity index (χ1) is 8.74. The van der Waals surface area contributed by atoms with Gasteiger partial charge in [-0.25, -0.2) is 17.9 Å². The number of primary amides is 1. The zero-order valence-corrected chi connectivity index (χ0v) is 11.6. The second kappa shape index (κ2) is 5.89. The molecule has 19 heavy (non-hydrogen) atoms. The van der Waals surface area contributed by atoms with Gasteiger partial charge in [-0.3, -0.25) is 0 Å². The van der Waals surface area contributed by atoms with Crippen LogP contribution in [0.2, 0.25) is 0 Å². The van der Waals surface area contributed by atoms with Crippen LogP contribution < -0.4 is 16.2 Å². The SMILES string of the molecule is Cc1cc(S(=O)(=O)NCCOC(N)=O)cc(N)c1C. The number of hydrogen-bond acceptors (Lipinski definition) is 5. The molecule has 0 saturated heterocycles. The molecule has 106 valence electrons. The molecule has 0 radical (unpaired) electrons. The highest BCUT2D eigenvalue weighted by molar-refractivity contribution is 7.89. The summed E-state index contributed by atoms with van der Waals surface area (Å²) in [6.07, 6.45) is -0.949. The quantitative estimate of drug-likeness (QED) is 0.529. The predicted octanol–water partition coefficient (Wildman–Crippen LogP) is 0.259. The number of hydrogen-bond donors (Lipinski definition) is 3. The molecule has 0 bridgehead atoms. The molecule has 0 unspecified atom stereocenters. The third-order valence-corrected chi connectivity index (χ3v) is 4.07. The second-order valence-corrected chi connectivity index (χ2v) is 5.79.